The van der Waals surface area contributed by atoms with Crippen LogP contribution in [-0.2, 0) is 9.84 Å². The molecule has 20 heavy (non-hydrogen) atoms. The fourth-order valence-electron chi connectivity index (χ4n) is 1.45. The monoisotopic (exact) mass is 292 g/mol. The SMILES string of the molecule is CS(=O)(=O)c1ccc(Oc2nccnc2C(=N)N)cc1. The number of amidine groups is 1. The highest BCUT2D eigenvalue weighted by Crippen LogP contribution is 2.22. The van der Waals surface area contributed by atoms with Gasteiger partial charge in [-0.3, -0.25) is 5.41 Å². The van der Waals surface area contributed by atoms with E-state index in [1.165, 1.54) is 36.7 Å². The molecular formula is C12H12N4O3S. The molecule has 1 aromatic heterocycles. The fraction of sp³-hybridized carbons (Fsp3) is 0.0833. The van der Waals surface area contributed by atoms with E-state index < -0.39 is 9.84 Å². The number of aromatic nitrogens is 2. The van der Waals surface area contributed by atoms with Gasteiger partial charge in [0.05, 0.1) is 4.90 Å². The van der Waals surface area contributed by atoms with Crippen molar-refractivity contribution >= 4 is 15.7 Å². The molecule has 2 aromatic rings. The maximum Gasteiger partial charge on any atom is 0.249 e. The van der Waals surface area contributed by atoms with Gasteiger partial charge in [-0.25, -0.2) is 18.4 Å². The average molecular weight is 292 g/mol. The normalized spacial score (nSPS) is 11.1. The van der Waals surface area contributed by atoms with Crippen molar-refractivity contribution in [2.75, 3.05) is 6.26 Å². The molecule has 7 nitrogen and oxygen atoms in total. The van der Waals surface area contributed by atoms with Crippen LogP contribution in [0.5, 0.6) is 11.6 Å². The molecule has 0 radical (unpaired) electrons. The zero-order valence-electron chi connectivity index (χ0n) is 10.6. The van der Waals surface area contributed by atoms with Crippen molar-refractivity contribution in [2.45, 2.75) is 4.90 Å². The van der Waals surface area contributed by atoms with Crippen LogP contribution in [0.1, 0.15) is 5.69 Å². The van der Waals surface area contributed by atoms with Gasteiger partial charge >= 0.3 is 0 Å². The molecule has 0 bridgehead atoms. The van der Waals surface area contributed by atoms with Gasteiger partial charge in [-0.2, -0.15) is 0 Å². The first kappa shape index (κ1) is 13.9. The summed E-state index contributed by atoms with van der Waals surface area (Å²) in [7, 11) is -3.25. The Morgan fingerprint density at radius 3 is 2.35 bits per heavy atom. The number of ether oxygens (including phenoxy) is 1. The smallest absolute Gasteiger partial charge is 0.249 e. The summed E-state index contributed by atoms with van der Waals surface area (Å²) in [6.45, 7) is 0. The maximum atomic E-state index is 11.3. The van der Waals surface area contributed by atoms with Crippen LogP contribution in [-0.4, -0.2) is 30.5 Å². The summed E-state index contributed by atoms with van der Waals surface area (Å²) >= 11 is 0. The van der Waals surface area contributed by atoms with E-state index in [2.05, 4.69) is 9.97 Å². The molecule has 1 heterocycles. The van der Waals surface area contributed by atoms with Crippen molar-refractivity contribution < 1.29 is 13.2 Å². The Labute approximate surface area is 115 Å². The summed E-state index contributed by atoms with van der Waals surface area (Å²) < 4.78 is 28.1. The number of nitrogens with two attached hydrogens (primary N) is 1. The van der Waals surface area contributed by atoms with Crippen LogP contribution in [0, 0.1) is 5.41 Å². The first-order valence-corrected chi connectivity index (χ1v) is 7.40. The lowest BCUT2D eigenvalue weighted by Gasteiger charge is -2.08. The molecule has 1 aromatic carbocycles. The van der Waals surface area contributed by atoms with Gasteiger partial charge in [0.25, 0.3) is 0 Å². The van der Waals surface area contributed by atoms with Crippen LogP contribution in [0.25, 0.3) is 0 Å². The van der Waals surface area contributed by atoms with E-state index in [-0.39, 0.29) is 22.3 Å². The molecule has 0 saturated carbocycles. The number of nitrogens with zero attached hydrogens (tertiary/aromatic N) is 2. The Balaban J connectivity index is 2.30. The van der Waals surface area contributed by atoms with Crippen molar-refractivity contribution in [3.05, 3.63) is 42.4 Å². The van der Waals surface area contributed by atoms with Gasteiger partial charge in [0.1, 0.15) is 11.6 Å². The molecule has 0 spiro atoms. The summed E-state index contributed by atoms with van der Waals surface area (Å²) in [4.78, 5) is 8.03. The second kappa shape index (κ2) is 5.25. The van der Waals surface area contributed by atoms with Crippen molar-refractivity contribution in [3.8, 4) is 11.6 Å². The lowest BCUT2D eigenvalue weighted by atomic mass is 10.3. The summed E-state index contributed by atoms with van der Waals surface area (Å²) in [5.41, 5.74) is 5.50. The number of rotatable bonds is 4. The molecule has 0 aliphatic heterocycles. The van der Waals surface area contributed by atoms with Crippen LogP contribution in [0.3, 0.4) is 0 Å². The summed E-state index contributed by atoms with van der Waals surface area (Å²) in [5.74, 6) is 0.202. The van der Waals surface area contributed by atoms with Crippen molar-refractivity contribution in [2.24, 2.45) is 5.73 Å². The van der Waals surface area contributed by atoms with E-state index in [4.69, 9.17) is 15.9 Å². The van der Waals surface area contributed by atoms with Gasteiger partial charge in [0.15, 0.2) is 15.5 Å². The predicted octanol–water partition coefficient (Wildman–Crippen LogP) is 0.956. The second-order valence-electron chi connectivity index (χ2n) is 3.97. The number of hydrogen-bond donors (Lipinski definition) is 2. The third kappa shape index (κ3) is 3.09. The van der Waals surface area contributed by atoms with Gasteiger partial charge in [-0.15, -0.1) is 0 Å². The standard InChI is InChI=1S/C12H12N4O3S/c1-20(17,18)9-4-2-8(3-5-9)19-12-10(11(13)14)15-6-7-16-12/h2-7H,1H3,(H3,13,14). The van der Waals surface area contributed by atoms with Crippen LogP contribution < -0.4 is 10.5 Å². The molecule has 0 saturated heterocycles. The zero-order valence-corrected chi connectivity index (χ0v) is 11.4. The number of hydrogen-bond acceptors (Lipinski definition) is 6. The van der Waals surface area contributed by atoms with Gasteiger partial charge < -0.3 is 10.5 Å². The lowest BCUT2D eigenvalue weighted by molar-refractivity contribution is 0.458. The topological polar surface area (TPSA) is 119 Å². The minimum Gasteiger partial charge on any atom is -0.437 e. The quantitative estimate of drug-likeness (QED) is 0.639. The van der Waals surface area contributed by atoms with Crippen LogP contribution in [0.2, 0.25) is 0 Å². The summed E-state index contributed by atoms with van der Waals surface area (Å²) in [6.07, 6.45) is 3.93. The van der Waals surface area contributed by atoms with E-state index in [1.807, 2.05) is 0 Å². The molecule has 2 rings (SSSR count). The predicted molar refractivity (Wildman–Crippen MR) is 72.7 cm³/mol. The molecule has 0 aliphatic carbocycles. The third-order valence-corrected chi connectivity index (χ3v) is 3.51. The van der Waals surface area contributed by atoms with Gasteiger partial charge in [-0.1, -0.05) is 0 Å². The Bertz CT molecular complexity index is 742. The molecule has 0 unspecified atom stereocenters. The van der Waals surface area contributed by atoms with Crippen LogP contribution in [0.15, 0.2) is 41.6 Å². The minimum absolute atomic E-state index is 0.0899. The van der Waals surface area contributed by atoms with E-state index in [0.29, 0.717) is 5.75 Å². The van der Waals surface area contributed by atoms with Crippen LogP contribution in [0.4, 0.5) is 0 Å². The molecule has 3 N–H and O–H groups in total. The Hall–Kier alpha value is -2.48. The molecule has 0 fully saturated rings. The van der Waals surface area contributed by atoms with E-state index in [9.17, 15) is 8.42 Å². The Kier molecular flexibility index (Phi) is 3.66. The van der Waals surface area contributed by atoms with Crippen molar-refractivity contribution in [1.82, 2.24) is 9.97 Å². The molecule has 0 atom stereocenters. The lowest BCUT2D eigenvalue weighted by Crippen LogP contribution is -2.15. The third-order valence-electron chi connectivity index (χ3n) is 2.39. The van der Waals surface area contributed by atoms with Gasteiger partial charge in [0, 0.05) is 18.6 Å². The van der Waals surface area contributed by atoms with Gasteiger partial charge in [-0.05, 0) is 24.3 Å². The number of nitrogens with one attached hydrogen (secondary N) is 1. The Morgan fingerprint density at radius 1 is 1.20 bits per heavy atom. The maximum absolute atomic E-state index is 11.3. The second-order valence-corrected chi connectivity index (χ2v) is 5.99. The number of sulfone groups is 1. The summed E-state index contributed by atoms with van der Waals surface area (Å²) in [6, 6.07) is 5.84. The highest BCUT2D eigenvalue weighted by molar-refractivity contribution is 7.90. The molecule has 8 heteroatoms. The molecule has 0 amide bonds. The first-order chi connectivity index (χ1) is 9.38. The Morgan fingerprint density at radius 2 is 1.80 bits per heavy atom. The molecular weight excluding hydrogens is 280 g/mol. The molecule has 0 aliphatic rings. The highest BCUT2D eigenvalue weighted by Gasteiger charge is 2.11. The van der Waals surface area contributed by atoms with E-state index in [1.54, 1.807) is 0 Å². The number of nitrogen functional groups attached to an aromatic ring is 1. The van der Waals surface area contributed by atoms with E-state index in [0.717, 1.165) is 6.26 Å². The highest BCUT2D eigenvalue weighted by atomic mass is 32.2. The summed E-state index contributed by atoms with van der Waals surface area (Å²) in [5, 5.41) is 7.37. The van der Waals surface area contributed by atoms with Crippen molar-refractivity contribution in [3.63, 3.8) is 0 Å². The van der Waals surface area contributed by atoms with Crippen molar-refractivity contribution in [1.29, 1.82) is 5.41 Å². The average Bonchev–Trinajstić information content (AvgIpc) is 2.38. The van der Waals surface area contributed by atoms with Gasteiger partial charge in [0.2, 0.25) is 5.88 Å². The largest absolute Gasteiger partial charge is 0.437 e. The van der Waals surface area contributed by atoms with E-state index >= 15 is 0 Å². The minimum atomic E-state index is -3.25. The number of benzene rings is 1. The van der Waals surface area contributed by atoms with Crippen LogP contribution >= 0.6 is 0 Å². The molecule has 104 valence electrons. The first-order valence-electron chi connectivity index (χ1n) is 5.51. The zero-order chi connectivity index (χ0) is 14.8. The fourth-order valence-corrected chi connectivity index (χ4v) is 2.08.